The van der Waals surface area contributed by atoms with Crippen LogP contribution in [0.2, 0.25) is 0 Å². The largest absolute Gasteiger partial charge is 0.348 e. The second kappa shape index (κ2) is 6.34. The summed E-state index contributed by atoms with van der Waals surface area (Å²) < 4.78 is 0. The van der Waals surface area contributed by atoms with E-state index in [0.29, 0.717) is 6.54 Å². The molecule has 102 valence electrons. The Labute approximate surface area is 114 Å². The molecule has 0 saturated heterocycles. The van der Waals surface area contributed by atoms with E-state index in [-0.39, 0.29) is 23.3 Å². The molecule has 1 heterocycles. The van der Waals surface area contributed by atoms with Crippen LogP contribution in [0.1, 0.15) is 45.0 Å². The minimum Gasteiger partial charge on any atom is -0.348 e. The van der Waals surface area contributed by atoms with E-state index in [4.69, 9.17) is 5.73 Å². The fraction of sp³-hybridized carbons (Fsp3) is 0.643. The Hall–Kier alpha value is -0.870. The Morgan fingerprint density at radius 1 is 1.50 bits per heavy atom. The highest BCUT2D eigenvalue weighted by Crippen LogP contribution is 2.25. The van der Waals surface area contributed by atoms with Gasteiger partial charge in [-0.2, -0.15) is 0 Å². The minimum atomic E-state index is -0.104. The molecule has 1 aromatic heterocycles. The van der Waals surface area contributed by atoms with Crippen molar-refractivity contribution in [1.29, 1.82) is 0 Å². The summed E-state index contributed by atoms with van der Waals surface area (Å²) in [5.41, 5.74) is 5.84. The van der Waals surface area contributed by atoms with Gasteiger partial charge in [-0.15, -0.1) is 11.3 Å². The maximum atomic E-state index is 12.2. The number of carbonyl (C=O) groups excluding carboxylic acids is 1. The van der Waals surface area contributed by atoms with Crippen molar-refractivity contribution in [1.82, 2.24) is 5.32 Å². The number of carbonyl (C=O) groups is 1. The van der Waals surface area contributed by atoms with Gasteiger partial charge < -0.3 is 11.1 Å². The summed E-state index contributed by atoms with van der Waals surface area (Å²) in [5, 5.41) is 5.07. The van der Waals surface area contributed by atoms with Crippen molar-refractivity contribution in [3.05, 3.63) is 22.4 Å². The highest BCUT2D eigenvalue weighted by Gasteiger charge is 2.24. The zero-order valence-corrected chi connectivity index (χ0v) is 12.5. The van der Waals surface area contributed by atoms with Gasteiger partial charge in [0.25, 0.3) is 0 Å². The third kappa shape index (κ3) is 4.78. The highest BCUT2D eigenvalue weighted by molar-refractivity contribution is 7.10. The molecule has 0 aliphatic rings. The first-order valence-electron chi connectivity index (χ1n) is 6.37. The van der Waals surface area contributed by atoms with Gasteiger partial charge >= 0.3 is 0 Å². The van der Waals surface area contributed by atoms with Gasteiger partial charge in [0, 0.05) is 11.4 Å². The van der Waals surface area contributed by atoms with Crippen LogP contribution in [-0.4, -0.2) is 12.5 Å². The predicted molar refractivity (Wildman–Crippen MR) is 77.5 cm³/mol. The molecule has 0 spiro atoms. The van der Waals surface area contributed by atoms with E-state index in [2.05, 4.69) is 26.1 Å². The van der Waals surface area contributed by atoms with Crippen LogP contribution in [0.4, 0.5) is 0 Å². The summed E-state index contributed by atoms with van der Waals surface area (Å²) in [4.78, 5) is 13.3. The van der Waals surface area contributed by atoms with Crippen molar-refractivity contribution in [3.63, 3.8) is 0 Å². The van der Waals surface area contributed by atoms with Crippen LogP contribution >= 0.6 is 11.3 Å². The van der Waals surface area contributed by atoms with Crippen LogP contribution < -0.4 is 11.1 Å². The average Bonchev–Trinajstić information content (AvgIpc) is 2.77. The lowest BCUT2D eigenvalue weighted by Crippen LogP contribution is -2.38. The van der Waals surface area contributed by atoms with Crippen LogP contribution in [0, 0.1) is 11.3 Å². The number of nitrogens with one attached hydrogen (secondary N) is 1. The lowest BCUT2D eigenvalue weighted by molar-refractivity contribution is -0.126. The molecule has 2 atom stereocenters. The Morgan fingerprint density at radius 2 is 2.17 bits per heavy atom. The summed E-state index contributed by atoms with van der Waals surface area (Å²) in [6.07, 6.45) is 0.812. The van der Waals surface area contributed by atoms with Gasteiger partial charge in [-0.3, -0.25) is 4.79 Å². The van der Waals surface area contributed by atoms with Gasteiger partial charge in [0.05, 0.1) is 12.0 Å². The molecule has 0 bridgehead atoms. The highest BCUT2D eigenvalue weighted by atomic mass is 32.1. The second-order valence-electron chi connectivity index (χ2n) is 5.94. The van der Waals surface area contributed by atoms with Gasteiger partial charge in [-0.05, 0) is 30.2 Å². The molecule has 4 heteroatoms. The Morgan fingerprint density at radius 3 is 2.61 bits per heavy atom. The van der Waals surface area contributed by atoms with E-state index in [0.717, 1.165) is 6.42 Å². The van der Waals surface area contributed by atoms with Crippen molar-refractivity contribution in [3.8, 4) is 0 Å². The molecule has 0 aliphatic heterocycles. The first kappa shape index (κ1) is 15.2. The van der Waals surface area contributed by atoms with Gasteiger partial charge in [-0.1, -0.05) is 26.8 Å². The van der Waals surface area contributed by atoms with E-state index >= 15 is 0 Å². The van der Waals surface area contributed by atoms with Crippen LogP contribution in [0.5, 0.6) is 0 Å². The topological polar surface area (TPSA) is 55.1 Å². The summed E-state index contributed by atoms with van der Waals surface area (Å²) >= 11 is 1.66. The first-order valence-corrected chi connectivity index (χ1v) is 7.25. The number of nitrogens with two attached hydrogens (primary N) is 1. The Kier molecular flexibility index (Phi) is 5.35. The van der Waals surface area contributed by atoms with Crippen LogP contribution in [0.15, 0.2) is 17.5 Å². The average molecular weight is 268 g/mol. The fourth-order valence-corrected chi connectivity index (χ4v) is 2.70. The van der Waals surface area contributed by atoms with Crippen molar-refractivity contribution >= 4 is 17.2 Å². The molecular formula is C14H24N2OS. The molecule has 1 aromatic rings. The fourth-order valence-electron chi connectivity index (χ4n) is 1.96. The molecule has 18 heavy (non-hydrogen) atoms. The second-order valence-corrected chi connectivity index (χ2v) is 6.92. The van der Waals surface area contributed by atoms with Crippen molar-refractivity contribution in [2.24, 2.45) is 17.1 Å². The first-order chi connectivity index (χ1) is 8.33. The van der Waals surface area contributed by atoms with Crippen LogP contribution in [-0.2, 0) is 4.79 Å². The third-order valence-electron chi connectivity index (χ3n) is 2.84. The summed E-state index contributed by atoms with van der Waals surface area (Å²) in [7, 11) is 0. The van der Waals surface area contributed by atoms with Gasteiger partial charge in [0.15, 0.2) is 0 Å². The lowest BCUT2D eigenvalue weighted by atomic mass is 9.84. The Bertz CT molecular complexity index is 368. The quantitative estimate of drug-likeness (QED) is 0.862. The van der Waals surface area contributed by atoms with E-state index in [1.165, 1.54) is 4.88 Å². The zero-order chi connectivity index (χ0) is 13.8. The molecule has 0 radical (unpaired) electrons. The standard InChI is InChI=1S/C14H24N2OS/c1-10(12-6-5-7-18-12)16-13(17)11(9-15)8-14(2,3)4/h5-7,10-11H,8-9,15H2,1-4H3,(H,16,17). The molecule has 0 saturated carbocycles. The third-order valence-corrected chi connectivity index (χ3v) is 3.90. The number of hydrogen-bond donors (Lipinski definition) is 2. The molecule has 3 nitrogen and oxygen atoms in total. The summed E-state index contributed by atoms with van der Waals surface area (Å²) in [5.74, 6) is -0.0410. The molecule has 1 rings (SSSR count). The molecule has 0 aromatic carbocycles. The SMILES string of the molecule is CC(NC(=O)C(CN)CC(C)(C)C)c1cccs1. The molecule has 0 fully saturated rings. The number of hydrogen-bond acceptors (Lipinski definition) is 3. The monoisotopic (exact) mass is 268 g/mol. The van der Waals surface area contributed by atoms with Gasteiger partial charge in [0.1, 0.15) is 0 Å². The normalized spacial score (nSPS) is 15.2. The maximum absolute atomic E-state index is 12.2. The van der Waals surface area contributed by atoms with Gasteiger partial charge in [0.2, 0.25) is 5.91 Å². The van der Waals surface area contributed by atoms with Crippen LogP contribution in [0.25, 0.3) is 0 Å². The van der Waals surface area contributed by atoms with Crippen molar-refractivity contribution in [2.75, 3.05) is 6.54 Å². The summed E-state index contributed by atoms with van der Waals surface area (Å²) in [6.45, 7) is 8.80. The van der Waals surface area contributed by atoms with Crippen molar-refractivity contribution in [2.45, 2.75) is 40.2 Å². The van der Waals surface area contributed by atoms with Crippen LogP contribution in [0.3, 0.4) is 0 Å². The number of thiophene rings is 1. The van der Waals surface area contributed by atoms with E-state index < -0.39 is 0 Å². The molecule has 2 unspecified atom stereocenters. The van der Waals surface area contributed by atoms with E-state index in [1.54, 1.807) is 11.3 Å². The smallest absolute Gasteiger partial charge is 0.224 e. The van der Waals surface area contributed by atoms with E-state index in [1.807, 2.05) is 24.4 Å². The van der Waals surface area contributed by atoms with E-state index in [9.17, 15) is 4.79 Å². The Balaban J connectivity index is 2.57. The predicted octanol–water partition coefficient (Wildman–Crippen LogP) is 2.94. The molecule has 3 N–H and O–H groups in total. The minimum absolute atomic E-state index is 0.0616. The van der Waals surface area contributed by atoms with Crippen molar-refractivity contribution < 1.29 is 4.79 Å². The molecule has 0 aliphatic carbocycles. The zero-order valence-electron chi connectivity index (χ0n) is 11.7. The summed E-state index contributed by atoms with van der Waals surface area (Å²) in [6, 6.07) is 4.10. The lowest BCUT2D eigenvalue weighted by Gasteiger charge is -2.25. The maximum Gasteiger partial charge on any atom is 0.224 e. The molecular weight excluding hydrogens is 244 g/mol. The number of rotatable bonds is 5. The number of amides is 1. The molecule has 1 amide bonds. The van der Waals surface area contributed by atoms with Gasteiger partial charge in [-0.25, -0.2) is 0 Å².